The third-order valence-corrected chi connectivity index (χ3v) is 5.15. The average molecular weight is 382 g/mol. The fraction of sp³-hybridized carbons (Fsp3) is 0.273. The molecule has 4 nitrogen and oxygen atoms in total. The Labute approximate surface area is 165 Å². The van der Waals surface area contributed by atoms with Crippen molar-refractivity contribution in [3.63, 3.8) is 0 Å². The van der Waals surface area contributed by atoms with Crippen molar-refractivity contribution in [3.05, 3.63) is 76.9 Å². The molecule has 1 atom stereocenters. The molecule has 0 bridgehead atoms. The number of carbonyl (C=O) groups is 1. The fourth-order valence-corrected chi connectivity index (χ4v) is 3.58. The summed E-state index contributed by atoms with van der Waals surface area (Å²) in [5, 5.41) is 4.77. The zero-order valence-corrected chi connectivity index (χ0v) is 16.4. The number of rotatable bonds is 7. The van der Waals surface area contributed by atoms with Crippen molar-refractivity contribution in [2.24, 2.45) is 0 Å². The molecule has 1 N–H and O–H groups in total. The Morgan fingerprint density at radius 2 is 1.74 bits per heavy atom. The highest BCUT2D eigenvalue weighted by atomic mass is 35.5. The summed E-state index contributed by atoms with van der Waals surface area (Å²) in [6, 6.07) is 19.3. The Kier molecular flexibility index (Phi) is 6.43. The number of amides is 1. The lowest BCUT2D eigenvalue weighted by Crippen LogP contribution is -2.38. The number of benzene rings is 2. The normalized spacial score (nSPS) is 12.3. The van der Waals surface area contributed by atoms with Crippen molar-refractivity contribution in [2.45, 2.75) is 19.9 Å². The van der Waals surface area contributed by atoms with Crippen LogP contribution in [-0.2, 0) is 0 Å². The molecule has 0 aliphatic rings. The number of hydrogen-bond donors (Lipinski definition) is 1. The SMILES string of the molecule is CCN(CC)C(CNC(=O)c1ccc2ccccc2n1)c1ccccc1Cl. The number of para-hydroxylation sites is 1. The van der Waals surface area contributed by atoms with E-state index < -0.39 is 0 Å². The van der Waals surface area contributed by atoms with Gasteiger partial charge < -0.3 is 5.32 Å². The smallest absolute Gasteiger partial charge is 0.269 e. The van der Waals surface area contributed by atoms with E-state index in [-0.39, 0.29) is 11.9 Å². The van der Waals surface area contributed by atoms with Crippen molar-refractivity contribution in [3.8, 4) is 0 Å². The molecule has 140 valence electrons. The molecular weight excluding hydrogens is 358 g/mol. The molecule has 1 amide bonds. The highest BCUT2D eigenvalue weighted by Crippen LogP contribution is 2.27. The summed E-state index contributed by atoms with van der Waals surface area (Å²) in [6.45, 7) is 6.44. The van der Waals surface area contributed by atoms with Crippen LogP contribution in [0.3, 0.4) is 0 Å². The van der Waals surface area contributed by atoms with Crippen LogP contribution in [0.1, 0.15) is 35.9 Å². The highest BCUT2D eigenvalue weighted by Gasteiger charge is 2.21. The van der Waals surface area contributed by atoms with E-state index in [0.29, 0.717) is 17.3 Å². The molecule has 1 unspecified atom stereocenters. The van der Waals surface area contributed by atoms with Crippen molar-refractivity contribution < 1.29 is 4.79 Å². The molecule has 0 saturated carbocycles. The molecule has 0 fully saturated rings. The number of pyridine rings is 1. The predicted octanol–water partition coefficient (Wildman–Crippen LogP) is 4.70. The summed E-state index contributed by atoms with van der Waals surface area (Å²) in [7, 11) is 0. The molecule has 3 rings (SSSR count). The summed E-state index contributed by atoms with van der Waals surface area (Å²) >= 11 is 6.42. The van der Waals surface area contributed by atoms with Crippen LogP contribution in [0, 0.1) is 0 Å². The molecule has 0 aliphatic heterocycles. The van der Waals surface area contributed by atoms with Gasteiger partial charge in [0.2, 0.25) is 0 Å². The van der Waals surface area contributed by atoms with Gasteiger partial charge in [-0.15, -0.1) is 0 Å². The van der Waals surface area contributed by atoms with Gasteiger partial charge in [0, 0.05) is 17.0 Å². The summed E-state index contributed by atoms with van der Waals surface area (Å²) in [6.07, 6.45) is 0. The van der Waals surface area contributed by atoms with Gasteiger partial charge in [0.15, 0.2) is 0 Å². The van der Waals surface area contributed by atoms with Crippen molar-refractivity contribution >= 4 is 28.4 Å². The van der Waals surface area contributed by atoms with Crippen LogP contribution >= 0.6 is 11.6 Å². The van der Waals surface area contributed by atoms with Gasteiger partial charge in [0.25, 0.3) is 5.91 Å². The van der Waals surface area contributed by atoms with Gasteiger partial charge in [-0.1, -0.05) is 67.9 Å². The van der Waals surface area contributed by atoms with E-state index >= 15 is 0 Å². The second-order valence-corrected chi connectivity index (χ2v) is 6.76. The van der Waals surface area contributed by atoms with Crippen molar-refractivity contribution in [1.29, 1.82) is 0 Å². The number of nitrogens with zero attached hydrogens (tertiary/aromatic N) is 2. The Morgan fingerprint density at radius 3 is 2.48 bits per heavy atom. The average Bonchev–Trinajstić information content (AvgIpc) is 2.71. The van der Waals surface area contributed by atoms with E-state index in [4.69, 9.17) is 11.6 Å². The molecule has 0 spiro atoms. The molecule has 3 aromatic rings. The van der Waals surface area contributed by atoms with Crippen LogP contribution in [0.25, 0.3) is 10.9 Å². The monoisotopic (exact) mass is 381 g/mol. The molecule has 1 heterocycles. The Bertz CT molecular complexity index is 924. The molecule has 1 aromatic heterocycles. The summed E-state index contributed by atoms with van der Waals surface area (Å²) in [5.41, 5.74) is 2.26. The van der Waals surface area contributed by atoms with E-state index in [0.717, 1.165) is 29.6 Å². The first-order chi connectivity index (χ1) is 13.1. The van der Waals surface area contributed by atoms with Crippen LogP contribution in [0.4, 0.5) is 0 Å². The van der Waals surface area contributed by atoms with Gasteiger partial charge in [-0.3, -0.25) is 9.69 Å². The van der Waals surface area contributed by atoms with E-state index in [1.54, 1.807) is 6.07 Å². The molecule has 0 aliphatic carbocycles. The number of carbonyl (C=O) groups excluding carboxylic acids is 1. The Hall–Kier alpha value is -2.43. The zero-order chi connectivity index (χ0) is 19.2. The van der Waals surface area contributed by atoms with Gasteiger partial charge in [-0.25, -0.2) is 4.98 Å². The van der Waals surface area contributed by atoms with E-state index in [2.05, 4.69) is 29.0 Å². The Morgan fingerprint density at radius 1 is 1.04 bits per heavy atom. The maximum atomic E-state index is 12.7. The molecule has 5 heteroatoms. The van der Waals surface area contributed by atoms with Gasteiger partial charge in [-0.2, -0.15) is 0 Å². The van der Waals surface area contributed by atoms with Crippen LogP contribution in [0.2, 0.25) is 5.02 Å². The summed E-state index contributed by atoms with van der Waals surface area (Å²) in [5.74, 6) is -0.176. The number of aromatic nitrogens is 1. The Balaban J connectivity index is 1.79. The van der Waals surface area contributed by atoms with Gasteiger partial charge >= 0.3 is 0 Å². The van der Waals surface area contributed by atoms with Gasteiger partial charge in [0.1, 0.15) is 5.69 Å². The standard InChI is InChI=1S/C22H24ClN3O/c1-3-26(4-2)21(17-10-6-7-11-18(17)23)15-24-22(27)20-14-13-16-9-5-8-12-19(16)25-20/h5-14,21H,3-4,15H2,1-2H3,(H,24,27). The highest BCUT2D eigenvalue weighted by molar-refractivity contribution is 6.31. The second kappa shape index (κ2) is 8.98. The summed E-state index contributed by atoms with van der Waals surface area (Å²) < 4.78 is 0. The third kappa shape index (κ3) is 4.46. The molecule has 0 saturated heterocycles. The number of halogens is 1. The van der Waals surface area contributed by atoms with Crippen molar-refractivity contribution in [1.82, 2.24) is 15.2 Å². The minimum absolute atomic E-state index is 0.0121. The number of hydrogen-bond acceptors (Lipinski definition) is 3. The molecular formula is C22H24ClN3O. The van der Waals surface area contributed by atoms with E-state index in [9.17, 15) is 4.79 Å². The lowest BCUT2D eigenvalue weighted by atomic mass is 10.0. The lowest BCUT2D eigenvalue weighted by Gasteiger charge is -2.30. The topological polar surface area (TPSA) is 45.2 Å². The quantitative estimate of drug-likeness (QED) is 0.645. The number of likely N-dealkylation sites (N-methyl/N-ethyl adjacent to an activating group) is 1. The van der Waals surface area contributed by atoms with Gasteiger partial charge in [0.05, 0.1) is 11.6 Å². The molecule has 2 aromatic carbocycles. The van der Waals surface area contributed by atoms with E-state index in [1.807, 2.05) is 54.6 Å². The molecule has 27 heavy (non-hydrogen) atoms. The molecule has 0 radical (unpaired) electrons. The minimum Gasteiger partial charge on any atom is -0.349 e. The second-order valence-electron chi connectivity index (χ2n) is 6.36. The van der Waals surface area contributed by atoms with Crippen LogP contribution in [0.15, 0.2) is 60.7 Å². The third-order valence-electron chi connectivity index (χ3n) is 4.80. The van der Waals surface area contributed by atoms with Crippen LogP contribution in [-0.4, -0.2) is 35.4 Å². The first kappa shape index (κ1) is 19.3. The number of fused-ring (bicyclic) bond motifs is 1. The lowest BCUT2D eigenvalue weighted by molar-refractivity contribution is 0.0930. The fourth-order valence-electron chi connectivity index (χ4n) is 3.32. The predicted molar refractivity (Wildman–Crippen MR) is 111 cm³/mol. The maximum Gasteiger partial charge on any atom is 0.269 e. The summed E-state index contributed by atoms with van der Waals surface area (Å²) in [4.78, 5) is 19.4. The van der Waals surface area contributed by atoms with Gasteiger partial charge in [-0.05, 0) is 36.9 Å². The number of nitrogens with one attached hydrogen (secondary N) is 1. The first-order valence-corrected chi connectivity index (χ1v) is 9.64. The minimum atomic E-state index is -0.176. The van der Waals surface area contributed by atoms with Crippen LogP contribution in [0.5, 0.6) is 0 Å². The van der Waals surface area contributed by atoms with E-state index in [1.165, 1.54) is 0 Å². The van der Waals surface area contributed by atoms with Crippen molar-refractivity contribution in [2.75, 3.05) is 19.6 Å². The zero-order valence-electron chi connectivity index (χ0n) is 15.7. The largest absolute Gasteiger partial charge is 0.349 e. The first-order valence-electron chi connectivity index (χ1n) is 9.26. The van der Waals surface area contributed by atoms with Crippen LogP contribution < -0.4 is 5.32 Å². The maximum absolute atomic E-state index is 12.7.